The highest BCUT2D eigenvalue weighted by molar-refractivity contribution is 6.37. The fourth-order valence-electron chi connectivity index (χ4n) is 3.81. The summed E-state index contributed by atoms with van der Waals surface area (Å²) in [6.45, 7) is 0. The topological polar surface area (TPSA) is 113 Å². The average molecular weight is 431 g/mol. The van der Waals surface area contributed by atoms with Gasteiger partial charge < -0.3 is 34.8 Å². The summed E-state index contributed by atoms with van der Waals surface area (Å²) in [5.74, 6) is 2.25. The van der Waals surface area contributed by atoms with E-state index in [1.54, 1.807) is 39.7 Å². The van der Waals surface area contributed by atoms with Crippen molar-refractivity contribution in [2.45, 2.75) is 0 Å². The van der Waals surface area contributed by atoms with Gasteiger partial charge in [0.25, 0.3) is 5.91 Å². The molecule has 0 fully saturated rings. The molecule has 9 nitrogen and oxygen atoms in total. The van der Waals surface area contributed by atoms with Crippen LogP contribution in [0.3, 0.4) is 0 Å². The number of amides is 1. The number of rotatable bonds is 6. The third kappa shape index (κ3) is 3.20. The molecule has 1 amide bonds. The van der Waals surface area contributed by atoms with E-state index in [0.29, 0.717) is 45.7 Å². The van der Waals surface area contributed by atoms with Crippen molar-refractivity contribution in [1.82, 2.24) is 15.0 Å². The Kier molecular flexibility index (Phi) is 4.70. The Balaban J connectivity index is 1.55. The zero-order valence-corrected chi connectivity index (χ0v) is 17.7. The van der Waals surface area contributed by atoms with E-state index in [2.05, 4.69) is 20.6 Å². The minimum Gasteiger partial charge on any atom is -0.495 e. The summed E-state index contributed by atoms with van der Waals surface area (Å²) in [5.41, 5.74) is 4.93. The third-order valence-electron chi connectivity index (χ3n) is 5.31. The maximum absolute atomic E-state index is 12.7. The first-order valence-corrected chi connectivity index (χ1v) is 9.88. The maximum atomic E-state index is 12.7. The summed E-state index contributed by atoms with van der Waals surface area (Å²) >= 11 is 0. The number of imidazole rings is 1. The molecule has 5 rings (SSSR count). The highest BCUT2D eigenvalue weighted by Gasteiger charge is 2.28. The Bertz CT molecular complexity index is 1370. The third-order valence-corrected chi connectivity index (χ3v) is 5.31. The second kappa shape index (κ2) is 7.69. The molecule has 0 bridgehead atoms. The van der Waals surface area contributed by atoms with Crippen LogP contribution >= 0.6 is 0 Å². The molecule has 0 spiro atoms. The van der Waals surface area contributed by atoms with Gasteiger partial charge >= 0.3 is 0 Å². The predicted octanol–water partition coefficient (Wildman–Crippen LogP) is 4.15. The van der Waals surface area contributed by atoms with Crippen molar-refractivity contribution in [2.75, 3.05) is 32.0 Å². The first-order valence-electron chi connectivity index (χ1n) is 9.88. The molecule has 0 radical (unpaired) electrons. The van der Waals surface area contributed by atoms with Gasteiger partial charge in [-0.3, -0.25) is 4.79 Å². The molecule has 4 N–H and O–H groups in total. The number of H-pyrrole nitrogens is 2. The van der Waals surface area contributed by atoms with Crippen molar-refractivity contribution < 1.29 is 19.0 Å². The highest BCUT2D eigenvalue weighted by Crippen LogP contribution is 2.39. The number of fused-ring (bicyclic) bond motifs is 3. The van der Waals surface area contributed by atoms with Gasteiger partial charge in [-0.15, -0.1) is 0 Å². The zero-order valence-electron chi connectivity index (χ0n) is 17.7. The summed E-state index contributed by atoms with van der Waals surface area (Å²) < 4.78 is 16.0. The van der Waals surface area contributed by atoms with Crippen molar-refractivity contribution in [3.63, 3.8) is 0 Å². The van der Waals surface area contributed by atoms with Gasteiger partial charge in [0.2, 0.25) is 5.95 Å². The van der Waals surface area contributed by atoms with Crippen molar-refractivity contribution in [2.24, 2.45) is 0 Å². The van der Waals surface area contributed by atoms with Gasteiger partial charge in [0.1, 0.15) is 11.3 Å². The molecule has 9 heteroatoms. The smallest absolute Gasteiger partial charge is 0.256 e. The second-order valence-corrected chi connectivity index (χ2v) is 7.14. The van der Waals surface area contributed by atoms with Crippen LogP contribution in [0.15, 0.2) is 42.6 Å². The van der Waals surface area contributed by atoms with E-state index in [0.717, 1.165) is 16.8 Å². The molecule has 162 valence electrons. The molecule has 3 heterocycles. The number of aromatic nitrogens is 3. The molecule has 0 unspecified atom stereocenters. The lowest BCUT2D eigenvalue weighted by Gasteiger charge is -2.09. The summed E-state index contributed by atoms with van der Waals surface area (Å²) in [7, 11) is 4.77. The first kappa shape index (κ1) is 19.6. The Morgan fingerprint density at radius 2 is 1.78 bits per heavy atom. The standard InChI is InChI=1S/C23H21N5O4/c1-30-17-8-9-24-16(17)11-13-20-14(26-22(13)29)5-6-15-21(20)28-23(27-15)25-12-4-7-18(31-2)19(10-12)32-3/h4-11,24H,1-3H3,(H,26,29)(H2,25,27,28). The molecule has 0 saturated carbocycles. The van der Waals surface area contributed by atoms with Gasteiger partial charge in [0.05, 0.1) is 43.8 Å². The van der Waals surface area contributed by atoms with Crippen LogP contribution in [-0.2, 0) is 4.79 Å². The van der Waals surface area contributed by atoms with Crippen molar-refractivity contribution in [1.29, 1.82) is 0 Å². The maximum Gasteiger partial charge on any atom is 0.256 e. The van der Waals surface area contributed by atoms with Crippen LogP contribution in [-0.4, -0.2) is 42.2 Å². The molecular formula is C23H21N5O4. The number of carbonyl (C=O) groups excluding carboxylic acids is 1. The second-order valence-electron chi connectivity index (χ2n) is 7.14. The van der Waals surface area contributed by atoms with Crippen molar-refractivity contribution in [3.05, 3.63) is 53.9 Å². The average Bonchev–Trinajstić information content (AvgIpc) is 3.50. The van der Waals surface area contributed by atoms with Gasteiger partial charge in [-0.25, -0.2) is 4.98 Å². The number of nitrogens with one attached hydrogen (secondary N) is 4. The van der Waals surface area contributed by atoms with Gasteiger partial charge in [-0.2, -0.15) is 0 Å². The van der Waals surface area contributed by atoms with E-state index in [9.17, 15) is 4.79 Å². The molecule has 0 saturated heterocycles. The summed E-state index contributed by atoms with van der Waals surface area (Å²) in [5, 5.41) is 6.16. The number of carbonyl (C=O) groups is 1. The molecule has 0 atom stereocenters. The molecule has 2 aromatic carbocycles. The summed E-state index contributed by atoms with van der Waals surface area (Å²) in [6.07, 6.45) is 3.54. The number of benzene rings is 2. The Morgan fingerprint density at radius 1 is 0.969 bits per heavy atom. The van der Waals surface area contributed by atoms with E-state index >= 15 is 0 Å². The molecule has 0 aliphatic carbocycles. The number of hydrogen-bond donors (Lipinski definition) is 4. The van der Waals surface area contributed by atoms with Crippen molar-refractivity contribution >= 4 is 45.9 Å². The molecule has 1 aliphatic rings. The number of methoxy groups -OCH3 is 3. The molecule has 4 aromatic rings. The molecule has 32 heavy (non-hydrogen) atoms. The molecule has 2 aromatic heterocycles. The lowest BCUT2D eigenvalue weighted by Crippen LogP contribution is -2.03. The van der Waals surface area contributed by atoms with Crippen LogP contribution in [0.4, 0.5) is 17.3 Å². The minimum absolute atomic E-state index is 0.193. The summed E-state index contributed by atoms with van der Waals surface area (Å²) in [6, 6.07) is 11.1. The Morgan fingerprint density at radius 3 is 2.56 bits per heavy atom. The SMILES string of the molecule is COc1ccc(Nc2nc3c4c(ccc3[nH]2)NC(=O)C4=Cc2[nH]ccc2OC)cc1OC. The number of ether oxygens (including phenoxy) is 3. The number of nitrogens with zero attached hydrogens (tertiary/aromatic N) is 1. The predicted molar refractivity (Wildman–Crippen MR) is 123 cm³/mol. The Hall–Kier alpha value is -4.40. The highest BCUT2D eigenvalue weighted by atomic mass is 16.5. The van der Waals surface area contributed by atoms with Crippen molar-refractivity contribution in [3.8, 4) is 17.2 Å². The Labute approximate surface area is 183 Å². The normalized spacial score (nSPS) is 13.8. The largest absolute Gasteiger partial charge is 0.495 e. The lowest BCUT2D eigenvalue weighted by molar-refractivity contribution is -0.110. The van der Waals surface area contributed by atoms with Gasteiger partial charge in [0, 0.05) is 23.5 Å². The fourth-order valence-corrected chi connectivity index (χ4v) is 3.81. The van der Waals surface area contributed by atoms with Crippen LogP contribution in [0, 0.1) is 0 Å². The van der Waals surface area contributed by atoms with E-state index in [1.165, 1.54) is 0 Å². The lowest BCUT2D eigenvalue weighted by atomic mass is 10.0. The number of hydrogen-bond acceptors (Lipinski definition) is 6. The fraction of sp³-hybridized carbons (Fsp3) is 0.130. The van der Waals surface area contributed by atoms with E-state index < -0.39 is 0 Å². The van der Waals surface area contributed by atoms with Gasteiger partial charge in [0.15, 0.2) is 11.5 Å². The van der Waals surface area contributed by atoms with Gasteiger partial charge in [-0.1, -0.05) is 0 Å². The van der Waals surface area contributed by atoms with E-state index in [4.69, 9.17) is 19.2 Å². The van der Waals surface area contributed by atoms with E-state index in [-0.39, 0.29) is 5.91 Å². The molecule has 1 aliphatic heterocycles. The first-order chi connectivity index (χ1) is 15.6. The molecular weight excluding hydrogens is 410 g/mol. The van der Waals surface area contributed by atoms with Crippen LogP contribution < -0.4 is 24.8 Å². The van der Waals surface area contributed by atoms with Crippen LogP contribution in [0.1, 0.15) is 11.3 Å². The van der Waals surface area contributed by atoms with Crippen LogP contribution in [0.25, 0.3) is 22.7 Å². The van der Waals surface area contributed by atoms with E-state index in [1.807, 2.05) is 30.3 Å². The zero-order chi connectivity index (χ0) is 22.2. The summed E-state index contributed by atoms with van der Waals surface area (Å²) in [4.78, 5) is 23.8. The number of aromatic amines is 2. The quantitative estimate of drug-likeness (QED) is 0.341. The number of anilines is 3. The van der Waals surface area contributed by atoms with Crippen LogP contribution in [0.2, 0.25) is 0 Å². The monoisotopic (exact) mass is 431 g/mol. The van der Waals surface area contributed by atoms with Crippen LogP contribution in [0.5, 0.6) is 17.2 Å². The minimum atomic E-state index is -0.193. The van der Waals surface area contributed by atoms with Gasteiger partial charge in [-0.05, 0) is 36.4 Å².